The first-order valence-electron chi connectivity index (χ1n) is 10.2. The number of hydrogen-bond acceptors (Lipinski definition) is 3. The first-order valence-corrected chi connectivity index (χ1v) is 10.6. The SMILES string of the molecule is Cc1ccc(Cl)cc1NC(=O)c1cnn2c(C(F)(F)F)cc(-c3ccc(C(C)C)cc3)nc12. The predicted octanol–water partition coefficient (Wildman–Crippen LogP) is 6.75. The first-order chi connectivity index (χ1) is 15.5. The standard InChI is InChI=1S/C24H20ClF3N4O/c1-13(2)15-5-7-16(8-6-15)20-11-21(24(26,27)28)32-22(30-20)18(12-29-32)23(33)31-19-10-17(25)9-4-14(19)3/h4-13H,1-3H3,(H,31,33). The molecule has 0 aliphatic heterocycles. The molecule has 170 valence electrons. The molecule has 9 heteroatoms. The number of rotatable bonds is 4. The van der Waals surface area contributed by atoms with Crippen LogP contribution in [0.1, 0.15) is 46.9 Å². The van der Waals surface area contributed by atoms with Crippen LogP contribution in [0.2, 0.25) is 5.02 Å². The fourth-order valence-corrected chi connectivity index (χ4v) is 3.60. The highest BCUT2D eigenvalue weighted by atomic mass is 35.5. The molecule has 4 rings (SSSR count). The average molecular weight is 473 g/mol. The highest BCUT2D eigenvalue weighted by Crippen LogP contribution is 2.33. The molecule has 1 amide bonds. The Morgan fingerprint density at radius 1 is 1.09 bits per heavy atom. The van der Waals surface area contributed by atoms with Gasteiger partial charge in [0.2, 0.25) is 0 Å². The summed E-state index contributed by atoms with van der Waals surface area (Å²) in [5, 5.41) is 6.91. The predicted molar refractivity (Wildman–Crippen MR) is 122 cm³/mol. The van der Waals surface area contributed by atoms with Crippen molar-refractivity contribution in [1.29, 1.82) is 0 Å². The van der Waals surface area contributed by atoms with Crippen LogP contribution in [0.5, 0.6) is 0 Å². The maximum absolute atomic E-state index is 13.8. The maximum Gasteiger partial charge on any atom is 0.433 e. The van der Waals surface area contributed by atoms with E-state index in [1.54, 1.807) is 37.3 Å². The molecule has 0 radical (unpaired) electrons. The van der Waals surface area contributed by atoms with E-state index in [-0.39, 0.29) is 22.8 Å². The van der Waals surface area contributed by atoms with Crippen LogP contribution >= 0.6 is 11.6 Å². The largest absolute Gasteiger partial charge is 0.433 e. The zero-order valence-corrected chi connectivity index (χ0v) is 18.8. The Labute approximate surface area is 193 Å². The van der Waals surface area contributed by atoms with Gasteiger partial charge in [0, 0.05) is 16.3 Å². The summed E-state index contributed by atoms with van der Waals surface area (Å²) < 4.78 is 42.1. The second kappa shape index (κ2) is 8.51. The normalized spacial score (nSPS) is 11.9. The monoisotopic (exact) mass is 472 g/mol. The number of hydrogen-bond donors (Lipinski definition) is 1. The van der Waals surface area contributed by atoms with E-state index in [4.69, 9.17) is 11.6 Å². The lowest BCUT2D eigenvalue weighted by Crippen LogP contribution is -2.16. The lowest BCUT2D eigenvalue weighted by atomic mass is 10.0. The van der Waals surface area contributed by atoms with Crippen molar-refractivity contribution in [2.75, 3.05) is 5.32 Å². The van der Waals surface area contributed by atoms with Crippen LogP contribution < -0.4 is 5.32 Å². The number of amides is 1. The number of halogens is 4. The minimum absolute atomic E-state index is 0.0828. The third-order valence-electron chi connectivity index (χ3n) is 5.33. The molecule has 0 fully saturated rings. The Morgan fingerprint density at radius 2 is 1.79 bits per heavy atom. The second-order valence-corrected chi connectivity index (χ2v) is 8.44. The van der Waals surface area contributed by atoms with Gasteiger partial charge < -0.3 is 5.32 Å². The van der Waals surface area contributed by atoms with Gasteiger partial charge in [-0.1, -0.05) is 55.8 Å². The van der Waals surface area contributed by atoms with Gasteiger partial charge in [-0.15, -0.1) is 0 Å². The molecule has 0 aliphatic carbocycles. The van der Waals surface area contributed by atoms with E-state index >= 15 is 0 Å². The Hall–Kier alpha value is -3.39. The van der Waals surface area contributed by atoms with Crippen LogP contribution in [-0.4, -0.2) is 20.5 Å². The first kappa shape index (κ1) is 22.8. The minimum Gasteiger partial charge on any atom is -0.322 e. The fraction of sp³-hybridized carbons (Fsp3) is 0.208. The molecule has 0 saturated heterocycles. The average Bonchev–Trinajstić information content (AvgIpc) is 3.19. The van der Waals surface area contributed by atoms with Crippen molar-refractivity contribution in [2.24, 2.45) is 0 Å². The summed E-state index contributed by atoms with van der Waals surface area (Å²) in [5.41, 5.74) is 1.56. The Morgan fingerprint density at radius 3 is 2.42 bits per heavy atom. The van der Waals surface area contributed by atoms with Crippen molar-refractivity contribution < 1.29 is 18.0 Å². The lowest BCUT2D eigenvalue weighted by Gasteiger charge is -2.13. The third-order valence-corrected chi connectivity index (χ3v) is 5.56. The highest BCUT2D eigenvalue weighted by Gasteiger charge is 2.36. The van der Waals surface area contributed by atoms with Gasteiger partial charge in [0.15, 0.2) is 11.3 Å². The summed E-state index contributed by atoms with van der Waals surface area (Å²) in [6.07, 6.45) is -3.62. The van der Waals surface area contributed by atoms with Crippen molar-refractivity contribution in [2.45, 2.75) is 32.9 Å². The number of nitrogens with one attached hydrogen (secondary N) is 1. The summed E-state index contributed by atoms with van der Waals surface area (Å²) in [6, 6.07) is 13.1. The fourth-order valence-electron chi connectivity index (χ4n) is 3.43. The molecule has 4 aromatic rings. The number of carbonyl (C=O) groups excluding carboxylic acids is 1. The number of fused-ring (bicyclic) bond motifs is 1. The number of aromatic nitrogens is 3. The van der Waals surface area contributed by atoms with E-state index in [0.29, 0.717) is 20.8 Å². The minimum atomic E-state index is -4.70. The molecule has 0 spiro atoms. The Balaban J connectivity index is 1.83. The molecular formula is C24H20ClF3N4O. The smallest absolute Gasteiger partial charge is 0.322 e. The summed E-state index contributed by atoms with van der Waals surface area (Å²) >= 11 is 6.01. The van der Waals surface area contributed by atoms with Gasteiger partial charge in [-0.3, -0.25) is 4.79 Å². The molecule has 0 saturated carbocycles. The molecule has 33 heavy (non-hydrogen) atoms. The van der Waals surface area contributed by atoms with Gasteiger partial charge in [0.1, 0.15) is 5.56 Å². The van der Waals surface area contributed by atoms with Crippen LogP contribution in [0.4, 0.5) is 18.9 Å². The van der Waals surface area contributed by atoms with Crippen molar-refractivity contribution >= 4 is 28.8 Å². The van der Waals surface area contributed by atoms with E-state index in [1.165, 1.54) is 0 Å². The number of aryl methyl sites for hydroxylation is 1. The van der Waals surface area contributed by atoms with Crippen LogP contribution in [0, 0.1) is 6.92 Å². The molecule has 5 nitrogen and oxygen atoms in total. The molecule has 1 N–H and O–H groups in total. The van der Waals surface area contributed by atoms with Gasteiger partial charge in [0.25, 0.3) is 5.91 Å². The highest BCUT2D eigenvalue weighted by molar-refractivity contribution is 6.31. The molecule has 0 aliphatic rings. The molecule has 2 aromatic heterocycles. The van der Waals surface area contributed by atoms with Crippen LogP contribution in [-0.2, 0) is 6.18 Å². The summed E-state index contributed by atoms with van der Waals surface area (Å²) in [7, 11) is 0. The molecule has 2 aromatic carbocycles. The van der Waals surface area contributed by atoms with Crippen molar-refractivity contribution in [3.8, 4) is 11.3 Å². The van der Waals surface area contributed by atoms with E-state index in [0.717, 1.165) is 23.4 Å². The molecule has 0 atom stereocenters. The molecular weight excluding hydrogens is 453 g/mol. The van der Waals surface area contributed by atoms with Crippen molar-refractivity contribution in [3.05, 3.63) is 82.1 Å². The van der Waals surface area contributed by atoms with Crippen molar-refractivity contribution in [1.82, 2.24) is 14.6 Å². The summed E-state index contributed by atoms with van der Waals surface area (Å²) in [5.74, 6) is -0.358. The quantitative estimate of drug-likeness (QED) is 0.357. The number of anilines is 1. The van der Waals surface area contributed by atoms with Crippen molar-refractivity contribution in [3.63, 3.8) is 0 Å². The zero-order chi connectivity index (χ0) is 23.9. The lowest BCUT2D eigenvalue weighted by molar-refractivity contribution is -0.142. The topological polar surface area (TPSA) is 59.3 Å². The van der Waals surface area contributed by atoms with Crippen LogP contribution in [0.3, 0.4) is 0 Å². The van der Waals surface area contributed by atoms with E-state index in [1.807, 2.05) is 26.0 Å². The maximum atomic E-state index is 13.8. The zero-order valence-electron chi connectivity index (χ0n) is 18.0. The third kappa shape index (κ3) is 4.57. The van der Waals surface area contributed by atoms with Crippen LogP contribution in [0.25, 0.3) is 16.9 Å². The van der Waals surface area contributed by atoms with Gasteiger partial charge in [0.05, 0.1) is 11.9 Å². The summed E-state index contributed by atoms with van der Waals surface area (Å²) in [6.45, 7) is 5.83. The van der Waals surface area contributed by atoms with E-state index in [9.17, 15) is 18.0 Å². The Bertz CT molecular complexity index is 1340. The number of carbonyl (C=O) groups is 1. The van der Waals surface area contributed by atoms with Gasteiger partial charge in [-0.2, -0.15) is 18.3 Å². The molecule has 2 heterocycles. The molecule has 0 bridgehead atoms. The van der Waals surface area contributed by atoms with Crippen LogP contribution in [0.15, 0.2) is 54.7 Å². The van der Waals surface area contributed by atoms with E-state index in [2.05, 4.69) is 15.4 Å². The van der Waals surface area contributed by atoms with E-state index < -0.39 is 17.8 Å². The van der Waals surface area contributed by atoms with Gasteiger partial charge >= 0.3 is 6.18 Å². The Kier molecular flexibility index (Phi) is 5.88. The summed E-state index contributed by atoms with van der Waals surface area (Å²) in [4.78, 5) is 17.3. The number of nitrogens with zero attached hydrogens (tertiary/aromatic N) is 3. The second-order valence-electron chi connectivity index (χ2n) is 8.01. The van der Waals surface area contributed by atoms with Gasteiger partial charge in [-0.05, 0) is 42.2 Å². The van der Waals surface area contributed by atoms with Gasteiger partial charge in [-0.25, -0.2) is 9.50 Å². The molecule has 0 unspecified atom stereocenters. The number of alkyl halides is 3. The number of benzene rings is 2.